The Bertz CT molecular complexity index is 260. The Morgan fingerprint density at radius 2 is 2.00 bits per heavy atom. The van der Waals surface area contributed by atoms with Crippen molar-refractivity contribution < 1.29 is 12.9 Å². The second-order valence-corrected chi connectivity index (χ2v) is 2.08. The molecule has 1 aromatic rings. The summed E-state index contributed by atoms with van der Waals surface area (Å²) in [6.07, 6.45) is 1.95. The van der Waals surface area contributed by atoms with Gasteiger partial charge in [-0.2, -0.15) is 0 Å². The monoisotopic (exact) mass is 161 g/mol. The summed E-state index contributed by atoms with van der Waals surface area (Å²) in [6.45, 7) is -5.02. The molecule has 2 nitrogen and oxygen atoms in total. The molecule has 2 N–H and O–H groups in total. The SMILES string of the molecule is Nc1ccncc1[B-](F)(F)F. The highest BCUT2D eigenvalue weighted by Crippen LogP contribution is 2.11. The minimum atomic E-state index is -5.02. The van der Waals surface area contributed by atoms with E-state index in [0.29, 0.717) is 0 Å². The summed E-state index contributed by atoms with van der Waals surface area (Å²) >= 11 is 0. The molecule has 6 heteroatoms. The minimum absolute atomic E-state index is 0.271. The van der Waals surface area contributed by atoms with E-state index in [2.05, 4.69) is 4.98 Å². The lowest BCUT2D eigenvalue weighted by molar-refractivity contribution is 0.501. The Morgan fingerprint density at radius 3 is 2.36 bits per heavy atom. The smallest absolute Gasteiger partial charge is 0.445 e. The number of rotatable bonds is 1. The molecule has 0 saturated heterocycles. The molecule has 1 heterocycles. The number of hydrogen-bond donors (Lipinski definition) is 1. The van der Waals surface area contributed by atoms with E-state index in [9.17, 15) is 12.9 Å². The van der Waals surface area contributed by atoms with Crippen LogP contribution in [0.3, 0.4) is 0 Å². The molecule has 1 aromatic heterocycles. The van der Waals surface area contributed by atoms with Crippen molar-refractivity contribution in [3.63, 3.8) is 0 Å². The number of anilines is 1. The van der Waals surface area contributed by atoms with E-state index in [1.165, 1.54) is 6.20 Å². The first kappa shape index (κ1) is 7.91. The molecule has 0 spiro atoms. The van der Waals surface area contributed by atoms with Gasteiger partial charge in [0.15, 0.2) is 0 Å². The first-order valence-corrected chi connectivity index (χ1v) is 2.91. The maximum absolute atomic E-state index is 12.0. The molecule has 0 unspecified atom stereocenters. The number of halogens is 3. The van der Waals surface area contributed by atoms with Crippen molar-refractivity contribution >= 4 is 18.1 Å². The minimum Gasteiger partial charge on any atom is -0.445 e. The Labute approximate surface area is 61.3 Å². The normalized spacial score (nSPS) is 11.5. The van der Waals surface area contributed by atoms with Crippen molar-refractivity contribution in [3.8, 4) is 0 Å². The zero-order chi connectivity index (χ0) is 8.48. The van der Waals surface area contributed by atoms with Gasteiger partial charge in [0.25, 0.3) is 0 Å². The summed E-state index contributed by atoms with van der Waals surface area (Å²) in [5, 5.41) is 0. The number of nitrogens with zero attached hydrogens (tertiary/aromatic N) is 1. The fourth-order valence-corrected chi connectivity index (χ4v) is 0.691. The van der Waals surface area contributed by atoms with Crippen molar-refractivity contribution in [2.45, 2.75) is 0 Å². The molecule has 0 saturated carbocycles. The van der Waals surface area contributed by atoms with Crippen molar-refractivity contribution in [3.05, 3.63) is 18.5 Å². The molecule has 0 aromatic carbocycles. The molecule has 0 radical (unpaired) electrons. The van der Waals surface area contributed by atoms with Gasteiger partial charge in [-0.3, -0.25) is 4.98 Å². The van der Waals surface area contributed by atoms with Gasteiger partial charge in [-0.15, -0.1) is 0 Å². The topological polar surface area (TPSA) is 38.9 Å². The second-order valence-electron chi connectivity index (χ2n) is 2.08. The number of hydrogen-bond acceptors (Lipinski definition) is 2. The first-order valence-electron chi connectivity index (χ1n) is 2.91. The van der Waals surface area contributed by atoms with E-state index in [1.54, 1.807) is 0 Å². The molecule has 0 aliphatic rings. The third-order valence-electron chi connectivity index (χ3n) is 1.24. The van der Waals surface area contributed by atoms with Gasteiger partial charge in [-0.25, -0.2) is 0 Å². The maximum Gasteiger partial charge on any atom is 0.513 e. The predicted octanol–water partition coefficient (Wildman–Crippen LogP) is 0.718. The number of nitrogens with two attached hydrogens (primary N) is 1. The summed E-state index contributed by atoms with van der Waals surface area (Å²) < 4.78 is 36.0. The molecule has 1 rings (SSSR count). The second kappa shape index (κ2) is 2.45. The fraction of sp³-hybridized carbons (Fsp3) is 0. The van der Waals surface area contributed by atoms with Gasteiger partial charge in [-0.05, 0) is 6.07 Å². The zero-order valence-corrected chi connectivity index (χ0v) is 5.47. The van der Waals surface area contributed by atoms with Crippen molar-refractivity contribution in [1.82, 2.24) is 4.98 Å². The van der Waals surface area contributed by atoms with E-state index in [1.807, 2.05) is 0 Å². The summed E-state index contributed by atoms with van der Waals surface area (Å²) in [5.41, 5.74) is 3.97. The van der Waals surface area contributed by atoms with Crippen LogP contribution in [0.5, 0.6) is 0 Å². The van der Waals surface area contributed by atoms with E-state index < -0.39 is 12.4 Å². The third-order valence-corrected chi connectivity index (χ3v) is 1.24. The third kappa shape index (κ3) is 1.63. The largest absolute Gasteiger partial charge is 0.513 e. The Balaban J connectivity index is 3.14. The van der Waals surface area contributed by atoms with Crippen LogP contribution in [-0.4, -0.2) is 12.0 Å². The van der Waals surface area contributed by atoms with Crippen LogP contribution < -0.4 is 11.2 Å². The van der Waals surface area contributed by atoms with E-state index >= 15 is 0 Å². The zero-order valence-electron chi connectivity index (χ0n) is 5.47. The average Bonchev–Trinajstić information content (AvgIpc) is 1.86. The van der Waals surface area contributed by atoms with Crippen molar-refractivity contribution in [2.75, 3.05) is 5.73 Å². The van der Waals surface area contributed by atoms with Crippen LogP contribution >= 0.6 is 0 Å². The Kier molecular flexibility index (Phi) is 1.76. The number of pyridine rings is 1. The predicted molar refractivity (Wildman–Crippen MR) is 37.4 cm³/mol. The molecule has 0 bridgehead atoms. The molecule has 0 aliphatic heterocycles. The van der Waals surface area contributed by atoms with Crippen LogP contribution in [0.1, 0.15) is 0 Å². The lowest BCUT2D eigenvalue weighted by Gasteiger charge is -2.15. The van der Waals surface area contributed by atoms with Crippen molar-refractivity contribution in [2.24, 2.45) is 0 Å². The van der Waals surface area contributed by atoms with Gasteiger partial charge in [-0.1, -0.05) is 5.46 Å². The van der Waals surface area contributed by atoms with E-state index in [4.69, 9.17) is 5.73 Å². The number of aromatic nitrogens is 1. The quantitative estimate of drug-likeness (QED) is 0.616. The maximum atomic E-state index is 12.0. The molecular formula is C5H5BF3N2-. The van der Waals surface area contributed by atoms with E-state index in [0.717, 1.165) is 12.3 Å². The highest BCUT2D eigenvalue weighted by Gasteiger charge is 2.27. The van der Waals surface area contributed by atoms with Gasteiger partial charge in [0.2, 0.25) is 0 Å². The van der Waals surface area contributed by atoms with Crippen LogP contribution in [0.2, 0.25) is 0 Å². The number of nitrogen functional groups attached to an aromatic ring is 1. The van der Waals surface area contributed by atoms with Crippen molar-refractivity contribution in [1.29, 1.82) is 0 Å². The lowest BCUT2D eigenvalue weighted by atomic mass is 9.80. The highest BCUT2D eigenvalue weighted by molar-refractivity contribution is 6.74. The van der Waals surface area contributed by atoms with Crippen LogP contribution in [0.25, 0.3) is 0 Å². The molecule has 0 aliphatic carbocycles. The Morgan fingerprint density at radius 1 is 1.36 bits per heavy atom. The average molecular weight is 161 g/mol. The molecule has 11 heavy (non-hydrogen) atoms. The van der Waals surface area contributed by atoms with Crippen LogP contribution in [0.4, 0.5) is 18.6 Å². The van der Waals surface area contributed by atoms with Crippen LogP contribution in [-0.2, 0) is 0 Å². The first-order chi connectivity index (χ1) is 5.02. The van der Waals surface area contributed by atoms with Gasteiger partial charge in [0.1, 0.15) is 0 Å². The van der Waals surface area contributed by atoms with Gasteiger partial charge < -0.3 is 18.7 Å². The van der Waals surface area contributed by atoms with Gasteiger partial charge in [0, 0.05) is 18.1 Å². The van der Waals surface area contributed by atoms with Gasteiger partial charge in [0.05, 0.1) is 0 Å². The van der Waals surface area contributed by atoms with Gasteiger partial charge >= 0.3 is 6.98 Å². The summed E-state index contributed by atoms with van der Waals surface area (Å²) in [7, 11) is 0. The summed E-state index contributed by atoms with van der Waals surface area (Å²) in [4.78, 5) is 3.33. The Hall–Kier alpha value is -1.20. The van der Waals surface area contributed by atoms with Crippen LogP contribution in [0, 0.1) is 0 Å². The standard InChI is InChI=1S/C5H5BF3N2/c7-6(8,9)4-3-11-2-1-5(4)10/h1-3H,(H2,10,11)/q-1. The fourth-order valence-electron chi connectivity index (χ4n) is 0.691. The highest BCUT2D eigenvalue weighted by atomic mass is 19.4. The molecule has 0 fully saturated rings. The summed E-state index contributed by atoms with van der Waals surface area (Å²) in [6, 6.07) is 1.13. The van der Waals surface area contributed by atoms with Crippen LogP contribution in [0.15, 0.2) is 18.5 Å². The van der Waals surface area contributed by atoms with E-state index in [-0.39, 0.29) is 5.69 Å². The summed E-state index contributed by atoms with van der Waals surface area (Å²) in [5.74, 6) is 0. The lowest BCUT2D eigenvalue weighted by Crippen LogP contribution is -2.36. The molecular weight excluding hydrogens is 156 g/mol. The molecule has 0 amide bonds. The molecule has 60 valence electrons. The molecule has 0 atom stereocenters.